The molecule has 8 heteroatoms. The molecule has 2 fully saturated rings. The molecule has 2 aliphatic rings. The van der Waals surface area contributed by atoms with Gasteiger partial charge in [-0.05, 0) is 31.0 Å². The van der Waals surface area contributed by atoms with E-state index < -0.39 is 5.82 Å². The highest BCUT2D eigenvalue weighted by molar-refractivity contribution is 6.05. The third-order valence-corrected chi connectivity index (χ3v) is 5.83. The van der Waals surface area contributed by atoms with Gasteiger partial charge in [-0.1, -0.05) is 25.0 Å². The molecule has 2 heterocycles. The van der Waals surface area contributed by atoms with Crippen LogP contribution in [-0.4, -0.2) is 34.2 Å². The fraction of sp³-hybridized carbons (Fsp3) is 0.391. The summed E-state index contributed by atoms with van der Waals surface area (Å²) < 4.78 is 19.0. The van der Waals surface area contributed by atoms with E-state index in [1.165, 1.54) is 23.1 Å². The molecular formula is C23H24FN3O4. The van der Waals surface area contributed by atoms with Crippen molar-refractivity contribution < 1.29 is 23.5 Å². The lowest BCUT2D eigenvalue weighted by atomic mass is 9.81. The number of imide groups is 1. The van der Waals surface area contributed by atoms with Crippen LogP contribution in [0.15, 0.2) is 42.6 Å². The van der Waals surface area contributed by atoms with Crippen molar-refractivity contribution in [3.8, 4) is 11.6 Å². The first-order valence-electron chi connectivity index (χ1n) is 10.5. The number of ether oxygens (including phenoxy) is 1. The Kier molecular flexibility index (Phi) is 6.25. The van der Waals surface area contributed by atoms with Crippen LogP contribution >= 0.6 is 0 Å². The number of fused-ring (bicyclic) bond motifs is 1. The minimum absolute atomic E-state index is 0.0390. The van der Waals surface area contributed by atoms with Crippen LogP contribution in [0.4, 0.5) is 4.39 Å². The van der Waals surface area contributed by atoms with Crippen LogP contribution in [-0.2, 0) is 20.9 Å². The van der Waals surface area contributed by atoms with Crippen LogP contribution < -0.4 is 10.1 Å². The molecule has 3 amide bonds. The van der Waals surface area contributed by atoms with Gasteiger partial charge in [0.15, 0.2) is 0 Å². The number of rotatable bonds is 7. The quantitative estimate of drug-likeness (QED) is 0.689. The topological polar surface area (TPSA) is 88.6 Å². The predicted octanol–water partition coefficient (Wildman–Crippen LogP) is 3.19. The molecule has 31 heavy (non-hydrogen) atoms. The zero-order valence-electron chi connectivity index (χ0n) is 17.1. The van der Waals surface area contributed by atoms with Crippen LogP contribution in [0, 0.1) is 17.7 Å². The molecule has 1 saturated carbocycles. The van der Waals surface area contributed by atoms with Gasteiger partial charge in [0.05, 0.1) is 11.8 Å². The number of hydrogen-bond donors (Lipinski definition) is 1. The lowest BCUT2D eigenvalue weighted by Gasteiger charge is -2.19. The van der Waals surface area contributed by atoms with E-state index in [9.17, 15) is 18.8 Å². The van der Waals surface area contributed by atoms with Gasteiger partial charge < -0.3 is 10.1 Å². The molecule has 0 bridgehead atoms. The van der Waals surface area contributed by atoms with Crippen molar-refractivity contribution in [2.75, 3.05) is 6.54 Å². The number of pyridine rings is 1. The zero-order chi connectivity index (χ0) is 21.8. The van der Waals surface area contributed by atoms with Crippen LogP contribution in [0.2, 0.25) is 0 Å². The van der Waals surface area contributed by atoms with Gasteiger partial charge in [-0.3, -0.25) is 19.3 Å². The molecule has 162 valence electrons. The van der Waals surface area contributed by atoms with Crippen LogP contribution in [0.3, 0.4) is 0 Å². The van der Waals surface area contributed by atoms with Crippen molar-refractivity contribution in [3.05, 3.63) is 54.0 Å². The normalized spacial score (nSPS) is 20.5. The summed E-state index contributed by atoms with van der Waals surface area (Å²) in [7, 11) is 0. The van der Waals surface area contributed by atoms with E-state index >= 15 is 0 Å². The fourth-order valence-electron chi connectivity index (χ4n) is 4.24. The highest BCUT2D eigenvalue weighted by Gasteiger charge is 2.47. The first-order valence-corrected chi connectivity index (χ1v) is 10.5. The van der Waals surface area contributed by atoms with E-state index in [2.05, 4.69) is 10.3 Å². The number of carbonyl (C=O) groups excluding carboxylic acids is 3. The summed E-state index contributed by atoms with van der Waals surface area (Å²) in [5, 5.41) is 2.77. The Morgan fingerprint density at radius 1 is 1.13 bits per heavy atom. The third kappa shape index (κ3) is 4.73. The van der Waals surface area contributed by atoms with Crippen molar-refractivity contribution in [1.29, 1.82) is 0 Å². The lowest BCUT2D eigenvalue weighted by molar-refractivity contribution is -0.140. The van der Waals surface area contributed by atoms with Crippen LogP contribution in [0.1, 0.15) is 37.7 Å². The Labute approximate surface area is 179 Å². The van der Waals surface area contributed by atoms with Gasteiger partial charge in [0.25, 0.3) is 0 Å². The Morgan fingerprint density at radius 3 is 2.58 bits per heavy atom. The number of amides is 3. The summed E-state index contributed by atoms with van der Waals surface area (Å²) in [6.07, 6.45) is 5.04. The summed E-state index contributed by atoms with van der Waals surface area (Å²) in [4.78, 5) is 42.8. The summed E-state index contributed by atoms with van der Waals surface area (Å²) in [5.74, 6) is -0.822. The minimum Gasteiger partial charge on any atom is -0.439 e. The minimum atomic E-state index is -0.422. The van der Waals surface area contributed by atoms with Crippen molar-refractivity contribution >= 4 is 17.7 Å². The lowest BCUT2D eigenvalue weighted by Crippen LogP contribution is -2.35. The molecule has 1 aromatic carbocycles. The van der Waals surface area contributed by atoms with E-state index in [4.69, 9.17) is 4.74 Å². The maximum atomic E-state index is 13.4. The monoisotopic (exact) mass is 425 g/mol. The van der Waals surface area contributed by atoms with Gasteiger partial charge in [0.2, 0.25) is 23.6 Å². The molecule has 0 spiro atoms. The van der Waals surface area contributed by atoms with E-state index in [1.54, 1.807) is 24.4 Å². The molecule has 2 aromatic rings. The average Bonchev–Trinajstić information content (AvgIpc) is 3.02. The molecule has 1 saturated heterocycles. The first kappa shape index (κ1) is 21.0. The number of carbonyl (C=O) groups is 3. The van der Waals surface area contributed by atoms with Gasteiger partial charge in [-0.2, -0.15) is 0 Å². The van der Waals surface area contributed by atoms with E-state index in [0.29, 0.717) is 11.3 Å². The molecule has 1 N–H and O–H groups in total. The maximum absolute atomic E-state index is 13.4. The molecular weight excluding hydrogens is 401 g/mol. The number of benzene rings is 1. The van der Waals surface area contributed by atoms with Gasteiger partial charge in [0, 0.05) is 37.3 Å². The van der Waals surface area contributed by atoms with Crippen molar-refractivity contribution in [2.45, 2.75) is 38.6 Å². The van der Waals surface area contributed by atoms with Crippen LogP contribution in [0.25, 0.3) is 0 Å². The molecule has 4 rings (SSSR count). The molecule has 1 aromatic heterocycles. The summed E-state index contributed by atoms with van der Waals surface area (Å²) in [5.41, 5.74) is 0.624. The molecule has 1 aliphatic heterocycles. The standard InChI is InChI=1S/C23H24FN3O4/c24-16-6-3-7-17(13-16)31-21-15(5-4-11-25-21)14-26-20(28)10-12-27-22(29)18-8-1-2-9-19(18)23(27)30/h3-7,11,13,18-19H,1-2,8-10,12,14H2,(H,26,28)/t18-,19+. The summed E-state index contributed by atoms with van der Waals surface area (Å²) in [6, 6.07) is 9.17. The van der Waals surface area contributed by atoms with Gasteiger partial charge in [-0.15, -0.1) is 0 Å². The second kappa shape index (κ2) is 9.24. The van der Waals surface area contributed by atoms with E-state index in [-0.39, 0.29) is 54.9 Å². The second-order valence-corrected chi connectivity index (χ2v) is 7.88. The first-order chi connectivity index (χ1) is 15.0. The molecule has 7 nitrogen and oxygen atoms in total. The van der Waals surface area contributed by atoms with E-state index in [1.807, 2.05) is 0 Å². The van der Waals surface area contributed by atoms with Crippen molar-refractivity contribution in [3.63, 3.8) is 0 Å². The highest BCUT2D eigenvalue weighted by Crippen LogP contribution is 2.38. The van der Waals surface area contributed by atoms with Crippen molar-refractivity contribution in [1.82, 2.24) is 15.2 Å². The number of hydrogen-bond acceptors (Lipinski definition) is 5. The van der Waals surface area contributed by atoms with Gasteiger partial charge >= 0.3 is 0 Å². The number of nitrogens with one attached hydrogen (secondary N) is 1. The maximum Gasteiger partial charge on any atom is 0.233 e. The fourth-order valence-corrected chi connectivity index (χ4v) is 4.24. The smallest absolute Gasteiger partial charge is 0.233 e. The predicted molar refractivity (Wildman–Crippen MR) is 109 cm³/mol. The van der Waals surface area contributed by atoms with Crippen LogP contribution in [0.5, 0.6) is 11.6 Å². The Bertz CT molecular complexity index is 972. The zero-order valence-corrected chi connectivity index (χ0v) is 17.1. The molecule has 0 radical (unpaired) electrons. The number of aromatic nitrogens is 1. The van der Waals surface area contributed by atoms with Crippen molar-refractivity contribution in [2.24, 2.45) is 11.8 Å². The molecule has 2 atom stereocenters. The second-order valence-electron chi connectivity index (χ2n) is 7.88. The number of likely N-dealkylation sites (tertiary alicyclic amines) is 1. The van der Waals surface area contributed by atoms with E-state index in [0.717, 1.165) is 25.7 Å². The van der Waals surface area contributed by atoms with Gasteiger partial charge in [0.1, 0.15) is 11.6 Å². The Morgan fingerprint density at radius 2 is 1.87 bits per heavy atom. The number of nitrogens with zero attached hydrogens (tertiary/aromatic N) is 2. The number of halogens is 1. The Balaban J connectivity index is 1.31. The SMILES string of the molecule is O=C(CCN1C(=O)[C@H]2CCCC[C@H]2C1=O)NCc1cccnc1Oc1cccc(F)c1. The molecule has 1 aliphatic carbocycles. The highest BCUT2D eigenvalue weighted by atomic mass is 19.1. The third-order valence-electron chi connectivity index (χ3n) is 5.83. The average molecular weight is 425 g/mol. The Hall–Kier alpha value is -3.29. The van der Waals surface area contributed by atoms with Gasteiger partial charge in [-0.25, -0.2) is 9.37 Å². The summed E-state index contributed by atoms with van der Waals surface area (Å²) in [6.45, 7) is 0.251. The largest absolute Gasteiger partial charge is 0.439 e. The molecule has 0 unspecified atom stereocenters. The summed E-state index contributed by atoms with van der Waals surface area (Å²) >= 11 is 0.